The molecular formula is C13H16F4O4S. The summed E-state index contributed by atoms with van der Waals surface area (Å²) in [6.45, 7) is -0.244. The molecule has 0 heterocycles. The van der Waals surface area contributed by atoms with Crippen LogP contribution in [0, 0.1) is 5.82 Å². The van der Waals surface area contributed by atoms with Crippen molar-refractivity contribution in [2.45, 2.75) is 37.6 Å². The van der Waals surface area contributed by atoms with Crippen molar-refractivity contribution >= 4 is 10.1 Å². The van der Waals surface area contributed by atoms with Gasteiger partial charge in [0.1, 0.15) is 5.82 Å². The first-order chi connectivity index (χ1) is 10.2. The maximum Gasteiger partial charge on any atom is 0.525 e. The molecule has 0 amide bonds. The lowest BCUT2D eigenvalue weighted by Gasteiger charge is -2.07. The van der Waals surface area contributed by atoms with Gasteiger partial charge in [0.2, 0.25) is 0 Å². The molecule has 1 rings (SSSR count). The fourth-order valence-corrected chi connectivity index (χ4v) is 1.90. The Hall–Kier alpha value is -1.19. The van der Waals surface area contributed by atoms with E-state index in [1.54, 1.807) is 12.1 Å². The fraction of sp³-hybridized carbons (Fsp3) is 0.538. The number of halogens is 4. The highest BCUT2D eigenvalue weighted by Crippen LogP contribution is 2.24. The SMILES string of the molecule is O=S(=O)(OOCCCCCCc1ccc(F)cc1)C(F)(F)F. The molecule has 0 atom stereocenters. The van der Waals surface area contributed by atoms with Crippen LogP contribution >= 0.6 is 0 Å². The Labute approximate surface area is 126 Å². The number of hydrogen-bond acceptors (Lipinski definition) is 4. The first-order valence-electron chi connectivity index (χ1n) is 6.59. The Bertz CT molecular complexity index is 540. The highest BCUT2D eigenvalue weighted by Gasteiger charge is 2.48. The standard InChI is InChI=1S/C13H16F4O4S/c14-12-8-6-11(7-9-12)5-3-1-2-4-10-20-21-22(18,19)13(15,16)17/h6-9H,1-5,10H2. The van der Waals surface area contributed by atoms with Crippen LogP contribution in [0.15, 0.2) is 24.3 Å². The summed E-state index contributed by atoms with van der Waals surface area (Å²) >= 11 is 0. The molecule has 0 saturated heterocycles. The molecule has 0 aliphatic carbocycles. The van der Waals surface area contributed by atoms with Gasteiger partial charge in [0.05, 0.1) is 6.61 Å². The number of alkyl halides is 3. The fourth-order valence-electron chi connectivity index (χ4n) is 1.63. The molecule has 9 heteroatoms. The molecule has 0 N–H and O–H groups in total. The van der Waals surface area contributed by atoms with Crippen LogP contribution in [0.1, 0.15) is 31.2 Å². The number of benzene rings is 1. The zero-order valence-electron chi connectivity index (χ0n) is 11.6. The Kier molecular flexibility index (Phi) is 7.24. The van der Waals surface area contributed by atoms with Gasteiger partial charge >= 0.3 is 15.6 Å². The molecule has 0 aliphatic rings. The van der Waals surface area contributed by atoms with Crippen molar-refractivity contribution in [2.24, 2.45) is 0 Å². The molecule has 0 aliphatic heterocycles. The Morgan fingerprint density at radius 3 is 2.14 bits per heavy atom. The van der Waals surface area contributed by atoms with E-state index in [0.717, 1.165) is 24.8 Å². The van der Waals surface area contributed by atoms with Gasteiger partial charge < -0.3 is 0 Å². The van der Waals surface area contributed by atoms with E-state index >= 15 is 0 Å². The predicted molar refractivity (Wildman–Crippen MR) is 70.6 cm³/mol. The molecule has 126 valence electrons. The average molecular weight is 344 g/mol. The van der Waals surface area contributed by atoms with Gasteiger partial charge in [0.15, 0.2) is 0 Å². The second-order valence-corrected chi connectivity index (χ2v) is 6.09. The Morgan fingerprint density at radius 1 is 0.955 bits per heavy atom. The van der Waals surface area contributed by atoms with E-state index in [1.807, 2.05) is 0 Å². The molecule has 0 fully saturated rings. The lowest BCUT2D eigenvalue weighted by molar-refractivity contribution is -0.215. The van der Waals surface area contributed by atoms with E-state index in [2.05, 4.69) is 9.22 Å². The van der Waals surface area contributed by atoms with Gasteiger partial charge in [-0.05, 0) is 37.0 Å². The minimum Gasteiger partial charge on any atom is -0.220 e. The zero-order valence-corrected chi connectivity index (χ0v) is 12.4. The largest absolute Gasteiger partial charge is 0.525 e. The van der Waals surface area contributed by atoms with Crippen LogP contribution in [0.3, 0.4) is 0 Å². The van der Waals surface area contributed by atoms with Gasteiger partial charge in [-0.2, -0.15) is 21.6 Å². The summed E-state index contributed by atoms with van der Waals surface area (Å²) in [5, 5.41) is 0. The summed E-state index contributed by atoms with van der Waals surface area (Å²) < 4.78 is 72.6. The number of unbranched alkanes of at least 4 members (excludes halogenated alkanes) is 3. The molecule has 1 aromatic rings. The molecule has 0 bridgehead atoms. The van der Waals surface area contributed by atoms with Crippen LogP contribution in [0.2, 0.25) is 0 Å². The van der Waals surface area contributed by atoms with Crippen molar-refractivity contribution in [2.75, 3.05) is 6.61 Å². The molecular weight excluding hydrogens is 328 g/mol. The summed E-state index contributed by atoms with van der Waals surface area (Å²) in [5.41, 5.74) is -4.49. The van der Waals surface area contributed by atoms with Crippen molar-refractivity contribution in [3.8, 4) is 0 Å². The number of hydrogen-bond donors (Lipinski definition) is 0. The van der Waals surface area contributed by atoms with Gasteiger partial charge in [0.25, 0.3) is 0 Å². The van der Waals surface area contributed by atoms with E-state index in [0.29, 0.717) is 12.8 Å². The molecule has 0 spiro atoms. The summed E-state index contributed by atoms with van der Waals surface area (Å²) in [5.74, 6) is -0.297. The summed E-state index contributed by atoms with van der Waals surface area (Å²) in [4.78, 5) is 4.05. The van der Waals surface area contributed by atoms with Crippen LogP contribution in [0.5, 0.6) is 0 Å². The van der Waals surface area contributed by atoms with Crippen LogP contribution < -0.4 is 0 Å². The third-order valence-electron chi connectivity index (χ3n) is 2.78. The Balaban J connectivity index is 2.06. The van der Waals surface area contributed by atoms with Crippen LogP contribution in [0.25, 0.3) is 0 Å². The van der Waals surface area contributed by atoms with Crippen LogP contribution in [-0.4, -0.2) is 20.5 Å². The molecule has 0 radical (unpaired) electrons. The van der Waals surface area contributed by atoms with Crippen molar-refractivity contribution < 1.29 is 35.2 Å². The van der Waals surface area contributed by atoms with Gasteiger partial charge in [-0.15, -0.1) is 0 Å². The van der Waals surface area contributed by atoms with E-state index < -0.39 is 15.6 Å². The predicted octanol–water partition coefficient (Wildman–Crippen LogP) is 3.73. The lowest BCUT2D eigenvalue weighted by Crippen LogP contribution is -2.25. The second-order valence-electron chi connectivity index (χ2n) is 4.58. The second kappa shape index (κ2) is 8.44. The van der Waals surface area contributed by atoms with Crippen LogP contribution in [0.4, 0.5) is 17.6 Å². The van der Waals surface area contributed by atoms with E-state index in [4.69, 9.17) is 0 Å². The van der Waals surface area contributed by atoms with Gasteiger partial charge in [-0.25, -0.2) is 9.28 Å². The van der Waals surface area contributed by atoms with Crippen molar-refractivity contribution in [1.29, 1.82) is 0 Å². The average Bonchev–Trinajstić information content (AvgIpc) is 2.42. The van der Waals surface area contributed by atoms with Gasteiger partial charge in [-0.1, -0.05) is 29.3 Å². The third kappa shape index (κ3) is 6.71. The molecule has 0 aromatic heterocycles. The smallest absolute Gasteiger partial charge is 0.220 e. The van der Waals surface area contributed by atoms with E-state index in [1.165, 1.54) is 12.1 Å². The molecule has 4 nitrogen and oxygen atoms in total. The molecule has 1 aromatic carbocycles. The van der Waals surface area contributed by atoms with Crippen LogP contribution in [-0.2, 0) is 25.8 Å². The maximum atomic E-state index is 12.7. The minimum atomic E-state index is -5.69. The van der Waals surface area contributed by atoms with Crippen molar-refractivity contribution in [3.05, 3.63) is 35.6 Å². The summed E-state index contributed by atoms with van der Waals surface area (Å²) in [6.07, 6.45) is 3.40. The molecule has 22 heavy (non-hydrogen) atoms. The minimum absolute atomic E-state index is 0.244. The molecule has 0 unspecified atom stereocenters. The normalized spacial score (nSPS) is 12.5. The van der Waals surface area contributed by atoms with E-state index in [-0.39, 0.29) is 12.4 Å². The first kappa shape index (κ1) is 18.9. The number of rotatable bonds is 9. The summed E-state index contributed by atoms with van der Waals surface area (Å²) in [7, 11) is -5.69. The zero-order chi connectivity index (χ0) is 16.6. The number of aryl methyl sites for hydroxylation is 1. The maximum absolute atomic E-state index is 12.7. The third-order valence-corrected chi connectivity index (χ3v) is 3.62. The summed E-state index contributed by atoms with van der Waals surface area (Å²) in [6, 6.07) is 6.13. The quantitative estimate of drug-likeness (QED) is 0.225. The molecule has 0 saturated carbocycles. The Morgan fingerprint density at radius 2 is 1.55 bits per heavy atom. The highest BCUT2D eigenvalue weighted by atomic mass is 32.2. The monoisotopic (exact) mass is 344 g/mol. The van der Waals surface area contributed by atoms with Gasteiger partial charge in [-0.3, -0.25) is 0 Å². The van der Waals surface area contributed by atoms with E-state index in [9.17, 15) is 26.0 Å². The first-order valence-corrected chi connectivity index (χ1v) is 8.00. The van der Waals surface area contributed by atoms with Crippen molar-refractivity contribution in [1.82, 2.24) is 0 Å². The van der Waals surface area contributed by atoms with Gasteiger partial charge in [0, 0.05) is 0 Å². The highest BCUT2D eigenvalue weighted by molar-refractivity contribution is 7.87. The van der Waals surface area contributed by atoms with Crippen molar-refractivity contribution in [3.63, 3.8) is 0 Å². The topological polar surface area (TPSA) is 52.6 Å². The lowest BCUT2D eigenvalue weighted by atomic mass is 10.1.